The van der Waals surface area contributed by atoms with Crippen molar-refractivity contribution in [2.45, 2.75) is 19.6 Å². The number of aryl methyl sites for hydroxylation is 1. The van der Waals surface area contributed by atoms with Gasteiger partial charge in [0, 0.05) is 18.0 Å². The SMILES string of the molecule is Cc1ccsc1CNCC(O)COc1ccc(F)cc1. The molecule has 1 aromatic carbocycles. The van der Waals surface area contributed by atoms with E-state index in [-0.39, 0.29) is 12.4 Å². The number of benzene rings is 1. The maximum absolute atomic E-state index is 12.7. The lowest BCUT2D eigenvalue weighted by Crippen LogP contribution is -2.31. The lowest BCUT2D eigenvalue weighted by atomic mass is 10.3. The summed E-state index contributed by atoms with van der Waals surface area (Å²) in [5, 5.41) is 15.1. The lowest BCUT2D eigenvalue weighted by molar-refractivity contribution is 0.106. The maximum atomic E-state index is 12.7. The van der Waals surface area contributed by atoms with Gasteiger partial charge in [0.1, 0.15) is 24.3 Å². The normalized spacial score (nSPS) is 12.3. The second kappa shape index (κ2) is 7.38. The van der Waals surface area contributed by atoms with Gasteiger partial charge in [0.25, 0.3) is 0 Å². The first-order chi connectivity index (χ1) is 9.65. The van der Waals surface area contributed by atoms with E-state index in [0.29, 0.717) is 12.3 Å². The minimum Gasteiger partial charge on any atom is -0.491 e. The van der Waals surface area contributed by atoms with Crippen LogP contribution in [0.25, 0.3) is 0 Å². The van der Waals surface area contributed by atoms with Crippen LogP contribution in [0.1, 0.15) is 10.4 Å². The molecular weight excluding hydrogens is 277 g/mol. The Morgan fingerprint density at radius 1 is 1.30 bits per heavy atom. The van der Waals surface area contributed by atoms with Crippen LogP contribution >= 0.6 is 11.3 Å². The summed E-state index contributed by atoms with van der Waals surface area (Å²) in [5.41, 5.74) is 1.26. The summed E-state index contributed by atoms with van der Waals surface area (Å²) < 4.78 is 18.1. The number of ether oxygens (including phenoxy) is 1. The van der Waals surface area contributed by atoms with Crippen LogP contribution in [0.4, 0.5) is 4.39 Å². The molecule has 0 bridgehead atoms. The number of halogens is 1. The molecule has 0 radical (unpaired) electrons. The zero-order chi connectivity index (χ0) is 14.4. The average Bonchev–Trinajstić information content (AvgIpc) is 2.84. The van der Waals surface area contributed by atoms with Gasteiger partial charge in [-0.3, -0.25) is 0 Å². The standard InChI is InChI=1S/C15H18FNO2S/c1-11-6-7-20-15(11)9-17-8-13(18)10-19-14-4-2-12(16)3-5-14/h2-7,13,17-18H,8-10H2,1H3. The number of hydrogen-bond acceptors (Lipinski definition) is 4. The van der Waals surface area contributed by atoms with E-state index >= 15 is 0 Å². The monoisotopic (exact) mass is 295 g/mol. The van der Waals surface area contributed by atoms with Gasteiger partial charge in [0.2, 0.25) is 0 Å². The molecule has 0 aliphatic rings. The van der Waals surface area contributed by atoms with Crippen LogP contribution in [0.5, 0.6) is 5.75 Å². The van der Waals surface area contributed by atoms with E-state index in [1.807, 2.05) is 0 Å². The average molecular weight is 295 g/mol. The van der Waals surface area contributed by atoms with E-state index < -0.39 is 6.10 Å². The molecule has 0 aliphatic carbocycles. The van der Waals surface area contributed by atoms with Crippen LogP contribution < -0.4 is 10.1 Å². The molecule has 1 aromatic heterocycles. The van der Waals surface area contributed by atoms with Gasteiger partial charge in [-0.2, -0.15) is 0 Å². The van der Waals surface area contributed by atoms with Gasteiger partial charge in [-0.05, 0) is 48.2 Å². The third-order valence-electron chi connectivity index (χ3n) is 2.89. The first kappa shape index (κ1) is 15.0. The van der Waals surface area contributed by atoms with Crippen molar-refractivity contribution in [1.82, 2.24) is 5.32 Å². The largest absolute Gasteiger partial charge is 0.491 e. The van der Waals surface area contributed by atoms with Crippen LogP contribution in [0, 0.1) is 12.7 Å². The van der Waals surface area contributed by atoms with Gasteiger partial charge in [-0.1, -0.05) is 0 Å². The third-order valence-corrected chi connectivity index (χ3v) is 3.91. The minimum absolute atomic E-state index is 0.183. The van der Waals surface area contributed by atoms with Gasteiger partial charge in [0.05, 0.1) is 0 Å². The van der Waals surface area contributed by atoms with E-state index in [2.05, 4.69) is 23.7 Å². The molecule has 0 aliphatic heterocycles. The maximum Gasteiger partial charge on any atom is 0.123 e. The summed E-state index contributed by atoms with van der Waals surface area (Å²) in [6.07, 6.45) is -0.597. The molecular formula is C15H18FNO2S. The number of aliphatic hydroxyl groups is 1. The summed E-state index contributed by atoms with van der Waals surface area (Å²) in [5.74, 6) is 0.255. The molecule has 0 fully saturated rings. The molecule has 2 N–H and O–H groups in total. The van der Waals surface area contributed by atoms with Crippen LogP contribution in [0.3, 0.4) is 0 Å². The first-order valence-electron chi connectivity index (χ1n) is 6.45. The summed E-state index contributed by atoms with van der Waals surface area (Å²) >= 11 is 1.70. The van der Waals surface area contributed by atoms with E-state index in [1.165, 1.54) is 22.6 Å². The number of hydrogen-bond donors (Lipinski definition) is 2. The van der Waals surface area contributed by atoms with Crippen molar-refractivity contribution in [1.29, 1.82) is 0 Å². The molecule has 2 rings (SSSR count). The van der Waals surface area contributed by atoms with Crippen molar-refractivity contribution in [2.24, 2.45) is 0 Å². The quantitative estimate of drug-likeness (QED) is 0.825. The number of thiophene rings is 1. The van der Waals surface area contributed by atoms with Gasteiger partial charge in [0.15, 0.2) is 0 Å². The van der Waals surface area contributed by atoms with Crippen molar-refractivity contribution in [2.75, 3.05) is 13.2 Å². The Morgan fingerprint density at radius 3 is 2.70 bits per heavy atom. The zero-order valence-corrected chi connectivity index (χ0v) is 12.1. The summed E-state index contributed by atoms with van der Waals surface area (Å²) in [6, 6.07) is 7.84. The van der Waals surface area contributed by atoms with Gasteiger partial charge >= 0.3 is 0 Å². The molecule has 0 saturated carbocycles. The minimum atomic E-state index is -0.597. The predicted molar refractivity (Wildman–Crippen MR) is 78.7 cm³/mol. The fourth-order valence-corrected chi connectivity index (χ4v) is 2.60. The van der Waals surface area contributed by atoms with Crippen LogP contribution in [0.15, 0.2) is 35.7 Å². The molecule has 0 spiro atoms. The zero-order valence-electron chi connectivity index (χ0n) is 11.3. The predicted octanol–water partition coefficient (Wildman–Crippen LogP) is 2.73. The molecule has 108 valence electrons. The molecule has 3 nitrogen and oxygen atoms in total. The van der Waals surface area contributed by atoms with Gasteiger partial charge in [-0.15, -0.1) is 11.3 Å². The Bertz CT molecular complexity index is 527. The summed E-state index contributed by atoms with van der Waals surface area (Å²) in [4.78, 5) is 1.27. The Balaban J connectivity index is 1.66. The Labute approximate surface area is 122 Å². The van der Waals surface area contributed by atoms with Crippen LogP contribution in [-0.4, -0.2) is 24.4 Å². The van der Waals surface area contributed by atoms with Crippen molar-refractivity contribution in [3.05, 3.63) is 52.0 Å². The van der Waals surface area contributed by atoms with Crippen molar-refractivity contribution >= 4 is 11.3 Å². The van der Waals surface area contributed by atoms with Crippen molar-refractivity contribution in [3.63, 3.8) is 0 Å². The molecule has 20 heavy (non-hydrogen) atoms. The highest BCUT2D eigenvalue weighted by atomic mass is 32.1. The summed E-state index contributed by atoms with van der Waals surface area (Å²) in [7, 11) is 0. The molecule has 0 amide bonds. The third kappa shape index (κ3) is 4.59. The Morgan fingerprint density at radius 2 is 2.05 bits per heavy atom. The Kier molecular flexibility index (Phi) is 5.52. The van der Waals surface area contributed by atoms with E-state index in [9.17, 15) is 9.50 Å². The fraction of sp³-hybridized carbons (Fsp3) is 0.333. The van der Waals surface area contributed by atoms with Crippen molar-refractivity contribution < 1.29 is 14.2 Å². The number of rotatable bonds is 7. The number of aliphatic hydroxyl groups excluding tert-OH is 1. The fourth-order valence-electron chi connectivity index (χ4n) is 1.72. The molecule has 1 heterocycles. The molecule has 5 heteroatoms. The molecule has 1 atom stereocenters. The highest BCUT2D eigenvalue weighted by Crippen LogP contribution is 2.15. The van der Waals surface area contributed by atoms with E-state index in [1.54, 1.807) is 23.5 Å². The second-order valence-electron chi connectivity index (χ2n) is 4.58. The smallest absolute Gasteiger partial charge is 0.123 e. The topological polar surface area (TPSA) is 41.5 Å². The highest BCUT2D eigenvalue weighted by molar-refractivity contribution is 7.10. The van der Waals surface area contributed by atoms with Crippen LogP contribution in [-0.2, 0) is 6.54 Å². The lowest BCUT2D eigenvalue weighted by Gasteiger charge is -2.13. The summed E-state index contributed by atoms with van der Waals surface area (Å²) in [6.45, 7) is 3.46. The highest BCUT2D eigenvalue weighted by Gasteiger charge is 2.06. The van der Waals surface area contributed by atoms with Gasteiger partial charge in [-0.25, -0.2) is 4.39 Å². The van der Waals surface area contributed by atoms with E-state index in [4.69, 9.17) is 4.74 Å². The van der Waals surface area contributed by atoms with Crippen molar-refractivity contribution in [3.8, 4) is 5.75 Å². The molecule has 1 unspecified atom stereocenters. The first-order valence-corrected chi connectivity index (χ1v) is 7.33. The van der Waals surface area contributed by atoms with Crippen LogP contribution in [0.2, 0.25) is 0 Å². The molecule has 2 aromatic rings. The van der Waals surface area contributed by atoms with Gasteiger partial charge < -0.3 is 15.2 Å². The van der Waals surface area contributed by atoms with E-state index in [0.717, 1.165) is 6.54 Å². The molecule has 0 saturated heterocycles. The number of nitrogens with one attached hydrogen (secondary N) is 1. The second-order valence-corrected chi connectivity index (χ2v) is 5.58. The Hall–Kier alpha value is -1.43.